The van der Waals surface area contributed by atoms with Crippen molar-refractivity contribution in [2.75, 3.05) is 57.4 Å². The number of piperazine rings is 1. The predicted octanol–water partition coefficient (Wildman–Crippen LogP) is 2.44. The smallest absolute Gasteiger partial charge is 0.147 e. The van der Waals surface area contributed by atoms with E-state index in [0.717, 1.165) is 83.0 Å². The van der Waals surface area contributed by atoms with E-state index in [1.807, 2.05) is 12.3 Å². The summed E-state index contributed by atoms with van der Waals surface area (Å²) in [7, 11) is 0. The van der Waals surface area contributed by atoms with Gasteiger partial charge in [-0.15, -0.1) is 10.2 Å². The molecule has 2 saturated heterocycles. The van der Waals surface area contributed by atoms with Crippen LogP contribution in [-0.4, -0.2) is 82.0 Å². The van der Waals surface area contributed by atoms with Crippen molar-refractivity contribution in [1.82, 2.24) is 29.5 Å². The van der Waals surface area contributed by atoms with Gasteiger partial charge in [-0.05, 0) is 24.6 Å². The zero-order valence-corrected chi connectivity index (χ0v) is 19.4. The van der Waals surface area contributed by atoms with Gasteiger partial charge in [0.15, 0.2) is 0 Å². The molecule has 0 spiro atoms. The minimum atomic E-state index is 0.182. The second-order valence-corrected chi connectivity index (χ2v) is 8.83. The Kier molecular flexibility index (Phi) is 6.95. The number of aromatic nitrogens is 4. The lowest BCUT2D eigenvalue weighted by atomic mass is 10.1. The maximum Gasteiger partial charge on any atom is 0.147 e. The van der Waals surface area contributed by atoms with Gasteiger partial charge in [-0.3, -0.25) is 9.80 Å². The number of nitrogens with zero attached hydrogens (tertiary/aromatic N) is 7. The molecule has 2 fully saturated rings. The Balaban J connectivity index is 1.32. The molecule has 0 saturated carbocycles. The summed E-state index contributed by atoms with van der Waals surface area (Å²) in [4.78, 5) is 11.8. The molecular formula is C25H33N7O. The molecule has 2 aliphatic heterocycles. The number of benzene rings is 1. The third kappa shape index (κ3) is 5.24. The van der Waals surface area contributed by atoms with Crippen molar-refractivity contribution in [2.24, 2.45) is 0 Å². The first-order chi connectivity index (χ1) is 16.3. The normalized spacial score (nSPS) is 19.0. The van der Waals surface area contributed by atoms with Gasteiger partial charge in [0, 0.05) is 45.5 Å². The predicted molar refractivity (Wildman–Crippen MR) is 128 cm³/mol. The maximum atomic E-state index is 5.53. The Hall–Kier alpha value is -2.81. The van der Waals surface area contributed by atoms with Crippen molar-refractivity contribution < 1.29 is 4.74 Å². The van der Waals surface area contributed by atoms with Gasteiger partial charge in [-0.2, -0.15) is 0 Å². The number of hydrogen-bond acceptors (Lipinski definition) is 7. The van der Waals surface area contributed by atoms with Crippen LogP contribution in [0, 0.1) is 0 Å². The van der Waals surface area contributed by atoms with Crippen molar-refractivity contribution in [2.45, 2.75) is 26.1 Å². The summed E-state index contributed by atoms with van der Waals surface area (Å²) in [6, 6.07) is 17.0. The fourth-order valence-corrected chi connectivity index (χ4v) is 4.74. The lowest BCUT2D eigenvalue weighted by Crippen LogP contribution is -2.46. The molecule has 0 radical (unpaired) electrons. The van der Waals surface area contributed by atoms with E-state index in [4.69, 9.17) is 4.74 Å². The summed E-state index contributed by atoms with van der Waals surface area (Å²) in [5.74, 6) is 3.14. The number of ether oxygens (including phenoxy) is 1. The van der Waals surface area contributed by atoms with Crippen LogP contribution < -0.4 is 4.90 Å². The molecule has 33 heavy (non-hydrogen) atoms. The summed E-state index contributed by atoms with van der Waals surface area (Å²) < 4.78 is 7.89. The van der Waals surface area contributed by atoms with Crippen LogP contribution in [0.15, 0.2) is 54.7 Å². The Morgan fingerprint density at radius 3 is 2.06 bits per heavy atom. The average molecular weight is 448 g/mol. The summed E-state index contributed by atoms with van der Waals surface area (Å²) >= 11 is 0. The zero-order valence-electron chi connectivity index (χ0n) is 19.4. The van der Waals surface area contributed by atoms with Crippen LogP contribution in [0.3, 0.4) is 0 Å². The number of anilines is 1. The van der Waals surface area contributed by atoms with E-state index in [1.165, 1.54) is 5.56 Å². The highest BCUT2D eigenvalue weighted by molar-refractivity contribution is 5.38. The molecule has 1 unspecified atom stereocenters. The Bertz CT molecular complexity index is 996. The highest BCUT2D eigenvalue weighted by Crippen LogP contribution is 2.23. The van der Waals surface area contributed by atoms with Crippen LogP contribution >= 0.6 is 0 Å². The van der Waals surface area contributed by atoms with Crippen LogP contribution in [0.2, 0.25) is 0 Å². The Morgan fingerprint density at radius 1 is 0.788 bits per heavy atom. The molecule has 2 aliphatic rings. The summed E-state index contributed by atoms with van der Waals surface area (Å²) in [5, 5.41) is 9.36. The maximum absolute atomic E-state index is 5.53. The minimum absolute atomic E-state index is 0.182. The fourth-order valence-electron chi connectivity index (χ4n) is 4.74. The van der Waals surface area contributed by atoms with Crippen LogP contribution in [0.5, 0.6) is 0 Å². The molecule has 8 nitrogen and oxygen atoms in total. The topological polar surface area (TPSA) is 62.6 Å². The second-order valence-electron chi connectivity index (χ2n) is 8.83. The second kappa shape index (κ2) is 10.4. The van der Waals surface area contributed by atoms with Gasteiger partial charge < -0.3 is 14.2 Å². The standard InChI is InChI=1S/C25H33N7O/c1-21(22-7-3-2-4-8-22)32-24(27-28-25(32)20-30-15-17-33-18-16-30)19-29-11-13-31(14-12-29)23-9-5-6-10-26-23/h2-10,21H,11-20H2,1H3. The quantitative estimate of drug-likeness (QED) is 0.551. The monoisotopic (exact) mass is 447 g/mol. The molecule has 4 heterocycles. The Labute approximate surface area is 195 Å². The van der Waals surface area contributed by atoms with Gasteiger partial charge in [0.2, 0.25) is 0 Å². The molecule has 8 heteroatoms. The largest absolute Gasteiger partial charge is 0.379 e. The minimum Gasteiger partial charge on any atom is -0.379 e. The number of morpholine rings is 1. The van der Waals surface area contributed by atoms with Gasteiger partial charge in [-0.1, -0.05) is 36.4 Å². The summed E-state index contributed by atoms with van der Waals surface area (Å²) in [5.41, 5.74) is 1.28. The fraction of sp³-hybridized carbons (Fsp3) is 0.480. The van der Waals surface area contributed by atoms with Gasteiger partial charge in [0.25, 0.3) is 0 Å². The summed E-state index contributed by atoms with van der Waals surface area (Å²) in [6.45, 7) is 11.2. The lowest BCUT2D eigenvalue weighted by Gasteiger charge is -2.35. The molecule has 1 atom stereocenters. The van der Waals surface area contributed by atoms with E-state index in [1.54, 1.807) is 0 Å². The molecule has 2 aromatic heterocycles. The first-order valence-electron chi connectivity index (χ1n) is 11.9. The molecule has 0 aliphatic carbocycles. The number of rotatable bonds is 7. The van der Waals surface area contributed by atoms with Crippen molar-refractivity contribution in [3.8, 4) is 0 Å². The molecular weight excluding hydrogens is 414 g/mol. The third-order valence-electron chi connectivity index (χ3n) is 6.69. The molecule has 5 rings (SSSR count). The highest BCUT2D eigenvalue weighted by Gasteiger charge is 2.25. The number of pyridine rings is 1. The van der Waals surface area contributed by atoms with Crippen molar-refractivity contribution in [3.63, 3.8) is 0 Å². The van der Waals surface area contributed by atoms with E-state index >= 15 is 0 Å². The van der Waals surface area contributed by atoms with Crippen molar-refractivity contribution >= 4 is 5.82 Å². The summed E-state index contributed by atoms with van der Waals surface area (Å²) in [6.07, 6.45) is 1.87. The average Bonchev–Trinajstić information content (AvgIpc) is 3.27. The third-order valence-corrected chi connectivity index (χ3v) is 6.69. The van der Waals surface area contributed by atoms with Gasteiger partial charge in [-0.25, -0.2) is 4.98 Å². The van der Waals surface area contributed by atoms with Crippen LogP contribution in [0.1, 0.15) is 30.2 Å². The highest BCUT2D eigenvalue weighted by atomic mass is 16.5. The van der Waals surface area contributed by atoms with Crippen LogP contribution in [0.25, 0.3) is 0 Å². The SMILES string of the molecule is CC(c1ccccc1)n1c(CN2CCOCC2)nnc1CN1CCN(c2ccccn2)CC1. The number of hydrogen-bond donors (Lipinski definition) is 0. The van der Waals surface area contributed by atoms with E-state index < -0.39 is 0 Å². The van der Waals surface area contributed by atoms with Crippen LogP contribution in [0.4, 0.5) is 5.82 Å². The first-order valence-corrected chi connectivity index (χ1v) is 11.9. The lowest BCUT2D eigenvalue weighted by molar-refractivity contribution is 0.0324. The van der Waals surface area contributed by atoms with E-state index in [0.29, 0.717) is 0 Å². The van der Waals surface area contributed by atoms with E-state index in [-0.39, 0.29) is 6.04 Å². The Morgan fingerprint density at radius 2 is 1.42 bits per heavy atom. The van der Waals surface area contributed by atoms with Gasteiger partial charge in [0.05, 0.1) is 32.3 Å². The van der Waals surface area contributed by atoms with E-state index in [2.05, 4.69) is 83.8 Å². The van der Waals surface area contributed by atoms with Gasteiger partial charge >= 0.3 is 0 Å². The van der Waals surface area contributed by atoms with Gasteiger partial charge in [0.1, 0.15) is 17.5 Å². The molecule has 3 aromatic rings. The van der Waals surface area contributed by atoms with Crippen molar-refractivity contribution in [3.05, 3.63) is 71.9 Å². The van der Waals surface area contributed by atoms with E-state index in [9.17, 15) is 0 Å². The zero-order chi connectivity index (χ0) is 22.5. The van der Waals surface area contributed by atoms with Crippen molar-refractivity contribution in [1.29, 1.82) is 0 Å². The molecule has 0 N–H and O–H groups in total. The molecule has 1 aromatic carbocycles. The molecule has 0 bridgehead atoms. The molecule has 0 amide bonds. The molecule has 174 valence electrons. The van der Waals surface area contributed by atoms with Crippen LogP contribution in [-0.2, 0) is 17.8 Å². The first kappa shape index (κ1) is 22.0.